The summed E-state index contributed by atoms with van der Waals surface area (Å²) in [6.07, 6.45) is 3.30. The lowest BCUT2D eigenvalue weighted by atomic mass is 9.79. The molecule has 0 atom stereocenters. The van der Waals surface area contributed by atoms with Gasteiger partial charge in [-0.25, -0.2) is 0 Å². The summed E-state index contributed by atoms with van der Waals surface area (Å²) in [6, 6.07) is 15.0. The number of nitrogens with one attached hydrogen (secondary N) is 1. The molecule has 7 heteroatoms. The van der Waals surface area contributed by atoms with Crippen LogP contribution < -0.4 is 5.32 Å². The third-order valence-corrected chi connectivity index (χ3v) is 4.87. The lowest BCUT2D eigenvalue weighted by Crippen LogP contribution is -2.36. The summed E-state index contributed by atoms with van der Waals surface area (Å²) in [5.41, 5.74) is 0.573. The number of carbonyl (C=O) groups is 2. The van der Waals surface area contributed by atoms with E-state index in [0.717, 1.165) is 18.4 Å². The second-order valence-electron chi connectivity index (χ2n) is 6.58. The molecule has 0 saturated heterocycles. The first-order valence-electron chi connectivity index (χ1n) is 8.78. The van der Waals surface area contributed by atoms with Crippen LogP contribution in [-0.2, 0) is 19.7 Å². The fourth-order valence-corrected chi connectivity index (χ4v) is 3.48. The van der Waals surface area contributed by atoms with Crippen molar-refractivity contribution in [3.63, 3.8) is 0 Å². The highest BCUT2D eigenvalue weighted by Crippen LogP contribution is 2.42. The number of benzene rings is 2. The normalized spacial score (nSPS) is 15.1. The highest BCUT2D eigenvalue weighted by molar-refractivity contribution is 5.94. The number of nitro groups is 1. The molecule has 0 unspecified atom stereocenters. The van der Waals surface area contributed by atoms with Gasteiger partial charge in [-0.05, 0) is 30.5 Å². The summed E-state index contributed by atoms with van der Waals surface area (Å²) >= 11 is 0. The van der Waals surface area contributed by atoms with E-state index in [4.69, 9.17) is 4.74 Å². The second kappa shape index (κ2) is 7.99. The third kappa shape index (κ3) is 4.13. The predicted molar refractivity (Wildman–Crippen MR) is 99.3 cm³/mol. The monoisotopic (exact) mass is 368 g/mol. The number of carbonyl (C=O) groups excluding carboxylic acids is 2. The molecule has 3 rings (SSSR count). The molecule has 7 nitrogen and oxygen atoms in total. The molecule has 0 bridgehead atoms. The van der Waals surface area contributed by atoms with E-state index in [9.17, 15) is 19.7 Å². The van der Waals surface area contributed by atoms with E-state index in [2.05, 4.69) is 5.32 Å². The van der Waals surface area contributed by atoms with Gasteiger partial charge in [0.15, 0.2) is 6.61 Å². The molecule has 2 aromatic carbocycles. The minimum absolute atomic E-state index is 0.0644. The number of non-ortho nitro benzene ring substituents is 1. The summed E-state index contributed by atoms with van der Waals surface area (Å²) < 4.78 is 5.32. The van der Waals surface area contributed by atoms with Crippen LogP contribution in [0.25, 0.3) is 0 Å². The van der Waals surface area contributed by atoms with E-state index >= 15 is 0 Å². The van der Waals surface area contributed by atoms with Crippen molar-refractivity contribution < 1.29 is 19.2 Å². The van der Waals surface area contributed by atoms with E-state index in [-0.39, 0.29) is 11.7 Å². The molecule has 0 spiro atoms. The van der Waals surface area contributed by atoms with Gasteiger partial charge in [-0.1, -0.05) is 43.2 Å². The highest BCUT2D eigenvalue weighted by atomic mass is 16.6. The fourth-order valence-electron chi connectivity index (χ4n) is 3.48. The molecule has 2 aromatic rings. The van der Waals surface area contributed by atoms with Crippen molar-refractivity contribution in [3.05, 3.63) is 70.3 Å². The Hall–Kier alpha value is -3.22. The Bertz CT molecular complexity index is 827. The van der Waals surface area contributed by atoms with Crippen LogP contribution in [0.3, 0.4) is 0 Å². The second-order valence-corrected chi connectivity index (χ2v) is 6.58. The average molecular weight is 368 g/mol. The first-order chi connectivity index (χ1) is 13.0. The van der Waals surface area contributed by atoms with Crippen molar-refractivity contribution in [1.82, 2.24) is 0 Å². The van der Waals surface area contributed by atoms with Crippen LogP contribution in [0.2, 0.25) is 0 Å². The molecule has 1 aliphatic carbocycles. The molecule has 1 amide bonds. The quantitative estimate of drug-likeness (QED) is 0.477. The smallest absolute Gasteiger partial charge is 0.317 e. The van der Waals surface area contributed by atoms with Crippen LogP contribution in [0.15, 0.2) is 54.6 Å². The van der Waals surface area contributed by atoms with Gasteiger partial charge in [0.25, 0.3) is 11.6 Å². The maximum absolute atomic E-state index is 12.8. The summed E-state index contributed by atoms with van der Waals surface area (Å²) in [5, 5.41) is 13.2. The topological polar surface area (TPSA) is 98.5 Å². The Balaban J connectivity index is 1.60. The van der Waals surface area contributed by atoms with Gasteiger partial charge in [0.2, 0.25) is 0 Å². The van der Waals surface area contributed by atoms with E-state index in [1.165, 1.54) is 24.3 Å². The molecular weight excluding hydrogens is 348 g/mol. The largest absolute Gasteiger partial charge is 0.455 e. The molecule has 27 heavy (non-hydrogen) atoms. The molecule has 0 heterocycles. The Labute approximate surface area is 156 Å². The van der Waals surface area contributed by atoms with E-state index < -0.39 is 22.9 Å². The Morgan fingerprint density at radius 2 is 1.67 bits per heavy atom. The minimum Gasteiger partial charge on any atom is -0.455 e. The van der Waals surface area contributed by atoms with Crippen LogP contribution in [-0.4, -0.2) is 23.4 Å². The predicted octanol–water partition coefficient (Wildman–Crippen LogP) is 3.59. The van der Waals surface area contributed by atoms with Gasteiger partial charge in [-0.3, -0.25) is 19.7 Å². The minimum atomic E-state index is -0.686. The lowest BCUT2D eigenvalue weighted by Gasteiger charge is -2.27. The maximum atomic E-state index is 12.8. The number of ether oxygens (including phenoxy) is 1. The molecule has 0 radical (unpaired) electrons. The van der Waals surface area contributed by atoms with Gasteiger partial charge in [0.1, 0.15) is 0 Å². The van der Waals surface area contributed by atoms with E-state index in [1.54, 1.807) is 0 Å². The summed E-state index contributed by atoms with van der Waals surface area (Å²) in [7, 11) is 0. The fraction of sp³-hybridized carbons (Fsp3) is 0.300. The number of esters is 1. The van der Waals surface area contributed by atoms with Crippen molar-refractivity contribution in [1.29, 1.82) is 0 Å². The Morgan fingerprint density at radius 3 is 2.26 bits per heavy atom. The van der Waals surface area contributed by atoms with Crippen LogP contribution in [0.5, 0.6) is 0 Å². The zero-order valence-electron chi connectivity index (χ0n) is 14.7. The van der Waals surface area contributed by atoms with E-state index in [0.29, 0.717) is 18.5 Å². The number of hydrogen-bond donors (Lipinski definition) is 1. The molecule has 140 valence electrons. The van der Waals surface area contributed by atoms with Crippen LogP contribution in [0.4, 0.5) is 11.4 Å². The Morgan fingerprint density at radius 1 is 1.04 bits per heavy atom. The van der Waals surface area contributed by atoms with Crippen LogP contribution in [0.1, 0.15) is 31.2 Å². The Kier molecular flexibility index (Phi) is 5.49. The SMILES string of the molecule is O=C(COC(=O)C1(c2ccccc2)CCCC1)Nc1ccc([N+](=O)[O-])cc1. The standard InChI is InChI=1S/C20H20N2O5/c23-18(21-16-8-10-17(11-9-16)22(25)26)14-27-19(24)20(12-4-5-13-20)15-6-2-1-3-7-15/h1-3,6-11H,4-5,12-14H2,(H,21,23). The summed E-state index contributed by atoms with van der Waals surface area (Å²) in [4.78, 5) is 35.0. The molecule has 1 aliphatic rings. The van der Waals surface area contributed by atoms with Gasteiger partial charge in [-0.15, -0.1) is 0 Å². The van der Waals surface area contributed by atoms with Gasteiger partial charge in [0.05, 0.1) is 10.3 Å². The van der Waals surface area contributed by atoms with Crippen molar-refractivity contribution >= 4 is 23.3 Å². The van der Waals surface area contributed by atoms with Crippen molar-refractivity contribution in [2.75, 3.05) is 11.9 Å². The van der Waals surface area contributed by atoms with Crippen molar-refractivity contribution in [2.24, 2.45) is 0 Å². The lowest BCUT2D eigenvalue weighted by molar-refractivity contribution is -0.384. The van der Waals surface area contributed by atoms with Gasteiger partial charge in [0, 0.05) is 17.8 Å². The number of hydrogen-bond acceptors (Lipinski definition) is 5. The number of nitrogens with zero attached hydrogens (tertiary/aromatic N) is 1. The highest BCUT2D eigenvalue weighted by Gasteiger charge is 2.44. The first kappa shape index (κ1) is 18.6. The maximum Gasteiger partial charge on any atom is 0.317 e. The van der Waals surface area contributed by atoms with Crippen molar-refractivity contribution in [3.8, 4) is 0 Å². The zero-order chi connectivity index (χ0) is 19.3. The first-order valence-corrected chi connectivity index (χ1v) is 8.78. The molecule has 1 saturated carbocycles. The van der Waals surface area contributed by atoms with Crippen molar-refractivity contribution in [2.45, 2.75) is 31.1 Å². The molecule has 0 aromatic heterocycles. The van der Waals surface area contributed by atoms with Gasteiger partial charge < -0.3 is 10.1 Å². The summed E-state index contributed by atoms with van der Waals surface area (Å²) in [6.45, 7) is -0.398. The number of rotatable bonds is 6. The average Bonchev–Trinajstić information content (AvgIpc) is 3.18. The van der Waals surface area contributed by atoms with Crippen LogP contribution in [0, 0.1) is 10.1 Å². The number of amides is 1. The van der Waals surface area contributed by atoms with Gasteiger partial charge in [-0.2, -0.15) is 0 Å². The third-order valence-electron chi connectivity index (χ3n) is 4.87. The molecule has 1 fully saturated rings. The molecular formula is C20H20N2O5. The van der Waals surface area contributed by atoms with Gasteiger partial charge >= 0.3 is 5.97 Å². The number of anilines is 1. The summed E-state index contributed by atoms with van der Waals surface area (Å²) in [5.74, 6) is -0.872. The molecule has 1 N–H and O–H groups in total. The van der Waals surface area contributed by atoms with Crippen LogP contribution >= 0.6 is 0 Å². The molecule has 0 aliphatic heterocycles. The zero-order valence-corrected chi connectivity index (χ0v) is 14.7. The number of nitro benzene ring substituents is 1. The van der Waals surface area contributed by atoms with E-state index in [1.807, 2.05) is 30.3 Å².